The first-order chi connectivity index (χ1) is 7.26. The zero-order valence-electron chi connectivity index (χ0n) is 7.86. The third kappa shape index (κ3) is 6.62. The minimum atomic E-state index is -4.70. The lowest BCUT2D eigenvalue weighted by Gasteiger charge is -2.15. The number of hydrogen-bond donors (Lipinski definition) is 1. The third-order valence-electron chi connectivity index (χ3n) is 1.29. The fraction of sp³-hybridized carbons (Fsp3) is 0.571. The van der Waals surface area contributed by atoms with Crippen LogP contribution in [0.15, 0.2) is 0 Å². The number of imide groups is 1. The summed E-state index contributed by atoms with van der Waals surface area (Å²) in [6.45, 7) is -2.38. The molecule has 0 aliphatic carbocycles. The minimum Gasteiger partial charge on any atom is -0.481 e. The Morgan fingerprint density at radius 1 is 1.38 bits per heavy atom. The Kier molecular flexibility index (Phi) is 5.26. The van der Waals surface area contributed by atoms with E-state index in [1.807, 2.05) is 0 Å². The van der Waals surface area contributed by atoms with E-state index >= 15 is 0 Å². The summed E-state index contributed by atoms with van der Waals surface area (Å²) in [6.07, 6.45) is -6.90. The SMILES string of the molecule is O=CN(CCC(=O)O)C(=O)OCC(F)(F)F. The average Bonchev–Trinajstić information content (AvgIpc) is 2.14. The van der Waals surface area contributed by atoms with Crippen molar-refractivity contribution < 1.29 is 37.4 Å². The summed E-state index contributed by atoms with van der Waals surface area (Å²) in [4.78, 5) is 31.3. The van der Waals surface area contributed by atoms with Crippen molar-refractivity contribution >= 4 is 18.5 Å². The molecule has 0 bridgehead atoms. The van der Waals surface area contributed by atoms with Gasteiger partial charge < -0.3 is 9.84 Å². The largest absolute Gasteiger partial charge is 0.481 e. The van der Waals surface area contributed by atoms with E-state index in [2.05, 4.69) is 4.74 Å². The van der Waals surface area contributed by atoms with Crippen molar-refractivity contribution in [2.75, 3.05) is 13.2 Å². The van der Waals surface area contributed by atoms with Crippen molar-refractivity contribution in [3.05, 3.63) is 0 Å². The van der Waals surface area contributed by atoms with Crippen LogP contribution in [0.1, 0.15) is 6.42 Å². The Balaban J connectivity index is 4.11. The van der Waals surface area contributed by atoms with E-state index in [9.17, 15) is 27.6 Å². The van der Waals surface area contributed by atoms with Gasteiger partial charge in [-0.2, -0.15) is 13.2 Å². The molecule has 0 aliphatic rings. The van der Waals surface area contributed by atoms with Crippen molar-refractivity contribution in [2.45, 2.75) is 12.6 Å². The van der Waals surface area contributed by atoms with Crippen molar-refractivity contribution in [3.63, 3.8) is 0 Å². The van der Waals surface area contributed by atoms with Crippen LogP contribution in [0.2, 0.25) is 0 Å². The van der Waals surface area contributed by atoms with Gasteiger partial charge in [-0.05, 0) is 0 Å². The van der Waals surface area contributed by atoms with E-state index in [0.29, 0.717) is 0 Å². The van der Waals surface area contributed by atoms with Crippen molar-refractivity contribution in [3.8, 4) is 0 Å². The number of amides is 2. The zero-order chi connectivity index (χ0) is 12.8. The maximum atomic E-state index is 11.6. The summed E-state index contributed by atoms with van der Waals surface area (Å²) in [5, 5.41) is 8.22. The number of carboxylic acid groups (broad SMARTS) is 1. The highest BCUT2D eigenvalue weighted by Gasteiger charge is 2.30. The molecule has 0 unspecified atom stereocenters. The molecule has 0 fully saturated rings. The average molecular weight is 243 g/mol. The lowest BCUT2D eigenvalue weighted by molar-refractivity contribution is -0.163. The van der Waals surface area contributed by atoms with Crippen LogP contribution in [0, 0.1) is 0 Å². The molecule has 0 aliphatic heterocycles. The van der Waals surface area contributed by atoms with Gasteiger partial charge >= 0.3 is 18.2 Å². The van der Waals surface area contributed by atoms with Gasteiger partial charge in [0.25, 0.3) is 0 Å². The molecule has 6 nitrogen and oxygen atoms in total. The van der Waals surface area contributed by atoms with Gasteiger partial charge in [0.05, 0.1) is 6.42 Å². The third-order valence-corrected chi connectivity index (χ3v) is 1.29. The summed E-state index contributed by atoms with van der Waals surface area (Å²) in [5.41, 5.74) is 0. The molecule has 0 spiro atoms. The zero-order valence-corrected chi connectivity index (χ0v) is 7.86. The van der Waals surface area contributed by atoms with E-state index in [1.165, 1.54) is 0 Å². The van der Waals surface area contributed by atoms with Gasteiger partial charge in [-0.25, -0.2) is 9.69 Å². The maximum Gasteiger partial charge on any atom is 0.422 e. The fourth-order valence-corrected chi connectivity index (χ4v) is 0.630. The van der Waals surface area contributed by atoms with Gasteiger partial charge in [0, 0.05) is 6.54 Å². The molecule has 1 N–H and O–H groups in total. The summed E-state index contributed by atoms with van der Waals surface area (Å²) in [6, 6.07) is 0. The van der Waals surface area contributed by atoms with E-state index in [0.717, 1.165) is 0 Å². The smallest absolute Gasteiger partial charge is 0.422 e. The number of nitrogens with zero attached hydrogens (tertiary/aromatic N) is 1. The van der Waals surface area contributed by atoms with Crippen LogP contribution < -0.4 is 0 Å². The van der Waals surface area contributed by atoms with Crippen LogP contribution in [0.3, 0.4) is 0 Å². The first-order valence-corrected chi connectivity index (χ1v) is 3.93. The predicted molar refractivity (Wildman–Crippen MR) is 42.4 cm³/mol. The minimum absolute atomic E-state index is 0.0956. The molecular formula is C7H8F3NO5. The van der Waals surface area contributed by atoms with Crippen LogP contribution in [0.5, 0.6) is 0 Å². The highest BCUT2D eigenvalue weighted by molar-refractivity contribution is 5.81. The Hall–Kier alpha value is -1.80. The quantitative estimate of drug-likeness (QED) is 0.715. The van der Waals surface area contributed by atoms with Gasteiger partial charge in [0.1, 0.15) is 0 Å². The Labute approximate surface area is 87.6 Å². The van der Waals surface area contributed by atoms with E-state index in [1.54, 1.807) is 0 Å². The fourth-order valence-electron chi connectivity index (χ4n) is 0.630. The topological polar surface area (TPSA) is 83.9 Å². The molecule has 0 aromatic carbocycles. The summed E-state index contributed by atoms with van der Waals surface area (Å²) >= 11 is 0. The molecule has 16 heavy (non-hydrogen) atoms. The first-order valence-electron chi connectivity index (χ1n) is 3.93. The molecule has 92 valence electrons. The Bertz CT molecular complexity index is 278. The predicted octanol–water partition coefficient (Wildman–Crippen LogP) is 0.618. The molecule has 0 atom stereocenters. The molecule has 9 heteroatoms. The molecule has 0 radical (unpaired) electrons. The second-order valence-electron chi connectivity index (χ2n) is 2.61. The molecule has 0 saturated heterocycles. The molecule has 0 heterocycles. The van der Waals surface area contributed by atoms with Crippen LogP contribution in [-0.4, -0.2) is 47.8 Å². The van der Waals surface area contributed by atoms with Gasteiger partial charge in [0.2, 0.25) is 6.41 Å². The van der Waals surface area contributed by atoms with Gasteiger partial charge in [0.15, 0.2) is 6.61 Å². The number of aliphatic carboxylic acids is 1. The summed E-state index contributed by atoms with van der Waals surface area (Å²) < 4.78 is 38.6. The Morgan fingerprint density at radius 2 is 1.94 bits per heavy atom. The van der Waals surface area contributed by atoms with Gasteiger partial charge in [-0.15, -0.1) is 0 Å². The van der Waals surface area contributed by atoms with Gasteiger partial charge in [-0.3, -0.25) is 9.59 Å². The number of halogens is 3. The number of carbonyl (C=O) groups excluding carboxylic acids is 2. The second kappa shape index (κ2) is 5.93. The molecular weight excluding hydrogens is 235 g/mol. The molecule has 0 saturated carbocycles. The number of ether oxygens (including phenoxy) is 1. The normalized spacial score (nSPS) is 10.7. The van der Waals surface area contributed by atoms with Crippen LogP contribution in [-0.2, 0) is 14.3 Å². The number of rotatable bonds is 5. The van der Waals surface area contributed by atoms with Crippen LogP contribution in [0.25, 0.3) is 0 Å². The number of carbonyl (C=O) groups is 3. The van der Waals surface area contributed by atoms with Crippen LogP contribution >= 0.6 is 0 Å². The van der Waals surface area contributed by atoms with Crippen molar-refractivity contribution in [1.82, 2.24) is 4.90 Å². The van der Waals surface area contributed by atoms with E-state index < -0.39 is 37.8 Å². The van der Waals surface area contributed by atoms with Crippen LogP contribution in [0.4, 0.5) is 18.0 Å². The number of alkyl halides is 3. The molecule has 0 aromatic rings. The molecule has 2 amide bonds. The number of hydrogen-bond acceptors (Lipinski definition) is 4. The highest BCUT2D eigenvalue weighted by Crippen LogP contribution is 2.14. The van der Waals surface area contributed by atoms with Crippen molar-refractivity contribution in [2.24, 2.45) is 0 Å². The van der Waals surface area contributed by atoms with E-state index in [4.69, 9.17) is 5.11 Å². The summed E-state index contributed by atoms with van der Waals surface area (Å²) in [7, 11) is 0. The van der Waals surface area contributed by atoms with Crippen molar-refractivity contribution in [1.29, 1.82) is 0 Å². The van der Waals surface area contributed by atoms with E-state index in [-0.39, 0.29) is 11.3 Å². The first kappa shape index (κ1) is 14.2. The molecule has 0 rings (SSSR count). The number of carboxylic acids is 1. The monoisotopic (exact) mass is 243 g/mol. The lowest BCUT2D eigenvalue weighted by Crippen LogP contribution is -2.34. The lowest BCUT2D eigenvalue weighted by atomic mass is 10.4. The second-order valence-corrected chi connectivity index (χ2v) is 2.61. The highest BCUT2D eigenvalue weighted by atomic mass is 19.4. The molecule has 0 aromatic heterocycles. The van der Waals surface area contributed by atoms with Gasteiger partial charge in [-0.1, -0.05) is 0 Å². The Morgan fingerprint density at radius 3 is 2.31 bits per heavy atom. The summed E-state index contributed by atoms with van der Waals surface area (Å²) in [5.74, 6) is -1.30. The maximum absolute atomic E-state index is 11.6. The standard InChI is InChI=1S/C7H8F3NO5/c8-7(9,10)3-16-6(15)11(4-12)2-1-5(13)14/h4H,1-3H2,(H,13,14).